The van der Waals surface area contributed by atoms with Crippen molar-refractivity contribution in [2.45, 2.75) is 37.8 Å². The van der Waals surface area contributed by atoms with E-state index in [0.29, 0.717) is 12.0 Å². The fourth-order valence-corrected chi connectivity index (χ4v) is 3.60. The first-order valence-corrected chi connectivity index (χ1v) is 9.28. The van der Waals surface area contributed by atoms with E-state index in [9.17, 15) is 5.11 Å². The van der Waals surface area contributed by atoms with E-state index in [4.69, 9.17) is 9.97 Å². The zero-order valence-corrected chi connectivity index (χ0v) is 14.5. The normalized spacial score (nSPS) is 20.0. The van der Waals surface area contributed by atoms with Gasteiger partial charge in [0.25, 0.3) is 0 Å². The lowest BCUT2D eigenvalue weighted by Gasteiger charge is -2.23. The van der Waals surface area contributed by atoms with E-state index in [0.717, 1.165) is 42.1 Å². The van der Waals surface area contributed by atoms with Crippen LogP contribution in [0.25, 0.3) is 16.9 Å². The van der Waals surface area contributed by atoms with Gasteiger partial charge in [-0.1, -0.05) is 18.2 Å². The number of nitrogens with one attached hydrogen (secondary N) is 1. The molecule has 1 aliphatic heterocycles. The summed E-state index contributed by atoms with van der Waals surface area (Å²) in [7, 11) is 0. The molecule has 0 spiro atoms. The van der Waals surface area contributed by atoms with Crippen LogP contribution in [-0.2, 0) is 0 Å². The summed E-state index contributed by atoms with van der Waals surface area (Å²) in [4.78, 5) is 16.3. The van der Waals surface area contributed by atoms with Gasteiger partial charge in [-0.25, -0.2) is 4.98 Å². The molecule has 26 heavy (non-hydrogen) atoms. The number of hydrogen-bond acceptors (Lipinski definition) is 6. The summed E-state index contributed by atoms with van der Waals surface area (Å²) in [6.07, 6.45) is 6.17. The molecule has 2 fully saturated rings. The van der Waals surface area contributed by atoms with Crippen molar-refractivity contribution in [3.63, 3.8) is 0 Å². The van der Waals surface area contributed by atoms with Gasteiger partial charge < -0.3 is 15.3 Å². The zero-order chi connectivity index (χ0) is 17.5. The number of rotatable bonds is 5. The SMILES string of the molecule is OCC1CCCN1c1nc(NC2CC2)c2ncn(-c3ccccc3)c2n1. The van der Waals surface area contributed by atoms with Crippen LogP contribution in [0.4, 0.5) is 11.8 Å². The van der Waals surface area contributed by atoms with Crippen molar-refractivity contribution in [1.82, 2.24) is 19.5 Å². The molecule has 7 heteroatoms. The van der Waals surface area contributed by atoms with E-state index in [2.05, 4.69) is 15.2 Å². The summed E-state index contributed by atoms with van der Waals surface area (Å²) < 4.78 is 2.00. The van der Waals surface area contributed by atoms with Gasteiger partial charge in [0, 0.05) is 18.3 Å². The minimum atomic E-state index is 0.0920. The van der Waals surface area contributed by atoms with Crippen LogP contribution in [0, 0.1) is 0 Å². The molecule has 0 bridgehead atoms. The minimum Gasteiger partial charge on any atom is -0.394 e. The third-order valence-corrected chi connectivity index (χ3v) is 5.18. The predicted molar refractivity (Wildman–Crippen MR) is 101 cm³/mol. The summed E-state index contributed by atoms with van der Waals surface area (Å²) in [6.45, 7) is 1.00. The van der Waals surface area contributed by atoms with Gasteiger partial charge in [-0.3, -0.25) is 4.57 Å². The number of benzene rings is 1. The molecule has 134 valence electrons. The highest BCUT2D eigenvalue weighted by Crippen LogP contribution is 2.31. The molecule has 7 nitrogen and oxygen atoms in total. The van der Waals surface area contributed by atoms with Crippen molar-refractivity contribution in [3.05, 3.63) is 36.7 Å². The molecule has 0 amide bonds. The number of nitrogens with zero attached hydrogens (tertiary/aromatic N) is 5. The number of para-hydroxylation sites is 1. The topological polar surface area (TPSA) is 79.1 Å². The summed E-state index contributed by atoms with van der Waals surface area (Å²) in [5.74, 6) is 1.47. The summed E-state index contributed by atoms with van der Waals surface area (Å²) in [5.41, 5.74) is 2.62. The maximum absolute atomic E-state index is 9.70. The molecule has 2 N–H and O–H groups in total. The van der Waals surface area contributed by atoms with E-state index in [1.165, 1.54) is 12.8 Å². The van der Waals surface area contributed by atoms with Gasteiger partial charge in [-0.05, 0) is 37.8 Å². The highest BCUT2D eigenvalue weighted by atomic mass is 16.3. The van der Waals surface area contributed by atoms with Crippen molar-refractivity contribution >= 4 is 22.9 Å². The first-order valence-electron chi connectivity index (χ1n) is 9.28. The quantitative estimate of drug-likeness (QED) is 0.735. The van der Waals surface area contributed by atoms with Gasteiger partial charge in [0.15, 0.2) is 17.0 Å². The average molecular weight is 350 g/mol. The first kappa shape index (κ1) is 15.6. The van der Waals surface area contributed by atoms with E-state index < -0.39 is 0 Å². The smallest absolute Gasteiger partial charge is 0.229 e. The lowest BCUT2D eigenvalue weighted by Crippen LogP contribution is -2.33. The van der Waals surface area contributed by atoms with Crippen molar-refractivity contribution in [2.75, 3.05) is 23.4 Å². The maximum Gasteiger partial charge on any atom is 0.229 e. The van der Waals surface area contributed by atoms with Crippen molar-refractivity contribution < 1.29 is 5.11 Å². The van der Waals surface area contributed by atoms with E-state index in [-0.39, 0.29) is 12.6 Å². The van der Waals surface area contributed by atoms with Gasteiger partial charge >= 0.3 is 0 Å². The second-order valence-electron chi connectivity index (χ2n) is 7.09. The average Bonchev–Trinajstić information content (AvgIpc) is 3.20. The van der Waals surface area contributed by atoms with E-state index in [1.807, 2.05) is 41.2 Å². The molecule has 1 saturated carbocycles. The fraction of sp³-hybridized carbons (Fsp3) is 0.421. The number of aliphatic hydroxyl groups excluding tert-OH is 1. The van der Waals surface area contributed by atoms with Crippen LogP contribution in [-0.4, -0.2) is 49.9 Å². The molecular weight excluding hydrogens is 328 g/mol. The van der Waals surface area contributed by atoms with Crippen LogP contribution in [0.3, 0.4) is 0 Å². The molecule has 2 aliphatic rings. The molecular formula is C19H22N6O. The number of fused-ring (bicyclic) bond motifs is 1. The Hall–Kier alpha value is -2.67. The molecule has 2 aromatic heterocycles. The lowest BCUT2D eigenvalue weighted by molar-refractivity contribution is 0.265. The molecule has 1 unspecified atom stereocenters. The number of imidazole rings is 1. The molecule has 1 aromatic carbocycles. The Morgan fingerprint density at radius 2 is 1.96 bits per heavy atom. The predicted octanol–water partition coefficient (Wildman–Crippen LogP) is 2.35. The largest absolute Gasteiger partial charge is 0.394 e. The first-order chi connectivity index (χ1) is 12.8. The van der Waals surface area contributed by atoms with E-state index in [1.54, 1.807) is 0 Å². The Morgan fingerprint density at radius 3 is 2.73 bits per heavy atom. The van der Waals surface area contributed by atoms with Crippen LogP contribution >= 0.6 is 0 Å². The Balaban J connectivity index is 1.65. The molecule has 1 saturated heterocycles. The third-order valence-electron chi connectivity index (χ3n) is 5.18. The highest BCUT2D eigenvalue weighted by molar-refractivity contribution is 5.86. The Bertz CT molecular complexity index is 920. The van der Waals surface area contributed by atoms with Gasteiger partial charge in [0.1, 0.15) is 6.33 Å². The number of aromatic nitrogens is 4. The summed E-state index contributed by atoms with van der Waals surface area (Å²) >= 11 is 0. The number of anilines is 2. The fourth-order valence-electron chi connectivity index (χ4n) is 3.60. The minimum absolute atomic E-state index is 0.0920. The van der Waals surface area contributed by atoms with Gasteiger partial charge in [0.2, 0.25) is 5.95 Å². The summed E-state index contributed by atoms with van der Waals surface area (Å²) in [5, 5.41) is 13.2. The standard InChI is InChI=1S/C19H22N6O/c26-11-15-7-4-10-24(15)19-22-17(21-13-8-9-13)16-18(23-19)25(12-20-16)14-5-2-1-3-6-14/h1-3,5-6,12-13,15,26H,4,7-11H2,(H,21,22,23). The van der Waals surface area contributed by atoms with Gasteiger partial charge in [0.05, 0.1) is 12.6 Å². The molecule has 1 aliphatic carbocycles. The van der Waals surface area contributed by atoms with Crippen LogP contribution in [0.5, 0.6) is 0 Å². The number of aliphatic hydroxyl groups is 1. The number of hydrogen-bond donors (Lipinski definition) is 2. The third kappa shape index (κ3) is 2.68. The Labute approximate surface area is 151 Å². The molecule has 3 aromatic rings. The van der Waals surface area contributed by atoms with Crippen LogP contribution in [0.2, 0.25) is 0 Å². The summed E-state index contributed by atoms with van der Waals surface area (Å²) in [6, 6.07) is 10.7. The van der Waals surface area contributed by atoms with Crippen LogP contribution < -0.4 is 10.2 Å². The second kappa shape index (κ2) is 6.25. The van der Waals surface area contributed by atoms with E-state index >= 15 is 0 Å². The molecule has 1 atom stereocenters. The monoisotopic (exact) mass is 350 g/mol. The Morgan fingerprint density at radius 1 is 1.12 bits per heavy atom. The van der Waals surface area contributed by atoms with Crippen molar-refractivity contribution in [3.8, 4) is 5.69 Å². The van der Waals surface area contributed by atoms with Crippen molar-refractivity contribution in [2.24, 2.45) is 0 Å². The second-order valence-corrected chi connectivity index (χ2v) is 7.09. The van der Waals surface area contributed by atoms with Crippen LogP contribution in [0.15, 0.2) is 36.7 Å². The highest BCUT2D eigenvalue weighted by Gasteiger charge is 2.29. The van der Waals surface area contributed by atoms with Crippen molar-refractivity contribution in [1.29, 1.82) is 0 Å². The molecule has 0 radical (unpaired) electrons. The lowest BCUT2D eigenvalue weighted by atomic mass is 10.2. The molecule has 5 rings (SSSR count). The Kier molecular flexibility index (Phi) is 3.74. The van der Waals surface area contributed by atoms with Crippen LogP contribution in [0.1, 0.15) is 25.7 Å². The maximum atomic E-state index is 9.70. The zero-order valence-electron chi connectivity index (χ0n) is 14.5. The van der Waals surface area contributed by atoms with Gasteiger partial charge in [-0.2, -0.15) is 9.97 Å². The van der Waals surface area contributed by atoms with Gasteiger partial charge in [-0.15, -0.1) is 0 Å². The molecule has 3 heterocycles.